The second-order valence-corrected chi connectivity index (χ2v) is 5.90. The van der Waals surface area contributed by atoms with Crippen molar-refractivity contribution in [1.29, 1.82) is 0 Å². The van der Waals surface area contributed by atoms with E-state index in [2.05, 4.69) is 4.98 Å². The summed E-state index contributed by atoms with van der Waals surface area (Å²) in [5.41, 5.74) is -0.524. The van der Waals surface area contributed by atoms with Gasteiger partial charge < -0.3 is 14.7 Å². The van der Waals surface area contributed by atoms with Gasteiger partial charge in [0, 0.05) is 38.0 Å². The molecule has 120 valence electrons. The molecule has 1 saturated heterocycles. The van der Waals surface area contributed by atoms with Crippen molar-refractivity contribution in [2.75, 3.05) is 26.8 Å². The molecule has 1 amide bonds. The van der Waals surface area contributed by atoms with Crippen LogP contribution in [0.2, 0.25) is 0 Å². The van der Waals surface area contributed by atoms with E-state index in [1.54, 1.807) is 17.3 Å². The molecule has 0 aliphatic carbocycles. The molecule has 1 atom stereocenters. The molecule has 0 saturated carbocycles. The van der Waals surface area contributed by atoms with E-state index in [9.17, 15) is 14.7 Å². The number of rotatable bonds is 4. The van der Waals surface area contributed by atoms with Crippen LogP contribution in [-0.2, 0) is 9.53 Å². The average molecular weight is 314 g/mol. The molecule has 2 heterocycles. The molecule has 6 heteroatoms. The third-order valence-corrected chi connectivity index (χ3v) is 4.41. The Labute approximate surface area is 133 Å². The fraction of sp³-hybridized carbons (Fsp3) is 0.353. The number of hydrogen-bond acceptors (Lipinski definition) is 4. The molecule has 6 nitrogen and oxygen atoms in total. The molecule has 1 N–H and O–H groups in total. The summed E-state index contributed by atoms with van der Waals surface area (Å²) in [7, 11) is 1.48. The zero-order valence-corrected chi connectivity index (χ0v) is 12.9. The van der Waals surface area contributed by atoms with Gasteiger partial charge in [0.15, 0.2) is 0 Å². The van der Waals surface area contributed by atoms with Crippen LogP contribution < -0.4 is 0 Å². The van der Waals surface area contributed by atoms with Crippen LogP contribution in [0.25, 0.3) is 10.8 Å². The first kappa shape index (κ1) is 15.4. The van der Waals surface area contributed by atoms with Crippen molar-refractivity contribution in [3.05, 3.63) is 42.2 Å². The number of benzene rings is 1. The molecule has 0 radical (unpaired) electrons. The summed E-state index contributed by atoms with van der Waals surface area (Å²) in [6, 6.07) is 7.53. The van der Waals surface area contributed by atoms with Crippen molar-refractivity contribution < 1.29 is 19.4 Å². The Hall–Kier alpha value is -2.47. The van der Waals surface area contributed by atoms with Crippen LogP contribution in [0.5, 0.6) is 0 Å². The van der Waals surface area contributed by atoms with E-state index >= 15 is 0 Å². The standard InChI is InChI=1S/C17H18N2O4/c1-23-11-17(16(21)22)6-7-19(10-17)15(20)14-9-18-8-12-4-2-3-5-13(12)14/h2-5,8-9H,6-7,10-11H2,1H3,(H,21,22). The summed E-state index contributed by atoms with van der Waals surface area (Å²) in [5, 5.41) is 11.2. The molecule has 1 unspecified atom stereocenters. The van der Waals surface area contributed by atoms with E-state index in [0.717, 1.165) is 10.8 Å². The molecule has 23 heavy (non-hydrogen) atoms. The van der Waals surface area contributed by atoms with Crippen LogP contribution in [0.1, 0.15) is 16.8 Å². The minimum absolute atomic E-state index is 0.0971. The fourth-order valence-electron chi connectivity index (χ4n) is 3.13. The monoisotopic (exact) mass is 314 g/mol. The summed E-state index contributed by atoms with van der Waals surface area (Å²) in [4.78, 5) is 30.1. The van der Waals surface area contributed by atoms with Gasteiger partial charge >= 0.3 is 5.97 Å². The second kappa shape index (κ2) is 5.96. The summed E-state index contributed by atoms with van der Waals surface area (Å²) >= 11 is 0. The van der Waals surface area contributed by atoms with Gasteiger partial charge in [-0.3, -0.25) is 14.6 Å². The lowest BCUT2D eigenvalue weighted by Crippen LogP contribution is -2.40. The molecule has 3 rings (SSSR count). The number of ether oxygens (including phenoxy) is 1. The van der Waals surface area contributed by atoms with E-state index in [1.165, 1.54) is 7.11 Å². The van der Waals surface area contributed by atoms with Gasteiger partial charge in [0.25, 0.3) is 5.91 Å². The van der Waals surface area contributed by atoms with E-state index < -0.39 is 11.4 Å². The number of carbonyl (C=O) groups excluding carboxylic acids is 1. The first-order valence-corrected chi connectivity index (χ1v) is 7.42. The van der Waals surface area contributed by atoms with Crippen molar-refractivity contribution >= 4 is 22.6 Å². The lowest BCUT2D eigenvalue weighted by atomic mass is 9.88. The lowest BCUT2D eigenvalue weighted by molar-refractivity contribution is -0.151. The maximum absolute atomic E-state index is 12.8. The Balaban J connectivity index is 1.91. The van der Waals surface area contributed by atoms with Gasteiger partial charge in [-0.15, -0.1) is 0 Å². The van der Waals surface area contributed by atoms with Crippen molar-refractivity contribution in [1.82, 2.24) is 9.88 Å². The molecule has 2 aromatic rings. The minimum Gasteiger partial charge on any atom is -0.481 e. The van der Waals surface area contributed by atoms with Gasteiger partial charge in [-0.1, -0.05) is 24.3 Å². The van der Waals surface area contributed by atoms with E-state index in [0.29, 0.717) is 18.5 Å². The van der Waals surface area contributed by atoms with Crippen LogP contribution in [0.15, 0.2) is 36.7 Å². The van der Waals surface area contributed by atoms with Crippen LogP contribution >= 0.6 is 0 Å². The maximum atomic E-state index is 12.8. The molecule has 1 aromatic heterocycles. The number of carboxylic acids is 1. The Morgan fingerprint density at radius 2 is 2.13 bits per heavy atom. The number of aliphatic carboxylic acids is 1. The average Bonchev–Trinajstić information content (AvgIpc) is 3.00. The number of nitrogens with zero attached hydrogens (tertiary/aromatic N) is 2. The Kier molecular flexibility index (Phi) is 4.00. The van der Waals surface area contributed by atoms with Gasteiger partial charge in [0.1, 0.15) is 5.41 Å². The number of amides is 1. The second-order valence-electron chi connectivity index (χ2n) is 5.90. The smallest absolute Gasteiger partial charge is 0.313 e. The highest BCUT2D eigenvalue weighted by atomic mass is 16.5. The minimum atomic E-state index is -1.03. The normalized spacial score (nSPS) is 20.8. The molecule has 0 bridgehead atoms. The molecule has 1 aliphatic heterocycles. The number of carboxylic acid groups (broad SMARTS) is 1. The number of likely N-dealkylation sites (tertiary alicyclic amines) is 1. The topological polar surface area (TPSA) is 79.7 Å². The Morgan fingerprint density at radius 3 is 2.87 bits per heavy atom. The number of carbonyl (C=O) groups is 2. The third-order valence-electron chi connectivity index (χ3n) is 4.41. The highest BCUT2D eigenvalue weighted by molar-refractivity contribution is 6.06. The van der Waals surface area contributed by atoms with Crippen LogP contribution in [0.4, 0.5) is 0 Å². The molecule has 0 spiro atoms. The van der Waals surface area contributed by atoms with Crippen LogP contribution in [0, 0.1) is 5.41 Å². The summed E-state index contributed by atoms with van der Waals surface area (Å²) < 4.78 is 5.06. The number of fused-ring (bicyclic) bond motifs is 1. The highest BCUT2D eigenvalue weighted by Gasteiger charge is 2.46. The van der Waals surface area contributed by atoms with Gasteiger partial charge in [-0.05, 0) is 11.8 Å². The summed E-state index contributed by atoms with van der Waals surface area (Å²) in [6.45, 7) is 0.649. The first-order valence-electron chi connectivity index (χ1n) is 7.42. The van der Waals surface area contributed by atoms with E-state index in [4.69, 9.17) is 4.74 Å². The quantitative estimate of drug-likeness (QED) is 0.931. The van der Waals surface area contributed by atoms with Crippen molar-refractivity contribution in [3.63, 3.8) is 0 Å². The molecule has 1 aromatic carbocycles. The lowest BCUT2D eigenvalue weighted by Gasteiger charge is -2.24. The van der Waals surface area contributed by atoms with E-state index in [1.807, 2.05) is 24.3 Å². The maximum Gasteiger partial charge on any atom is 0.313 e. The fourth-order valence-corrected chi connectivity index (χ4v) is 3.13. The number of aromatic nitrogens is 1. The summed E-state index contributed by atoms with van der Waals surface area (Å²) in [5.74, 6) is -1.11. The SMILES string of the molecule is COCC1(C(=O)O)CCN(C(=O)c2cncc3ccccc23)C1. The molecule has 1 fully saturated rings. The van der Waals surface area contributed by atoms with Gasteiger partial charge in [-0.25, -0.2) is 0 Å². The molecular formula is C17H18N2O4. The molecule has 1 aliphatic rings. The summed E-state index contributed by atoms with van der Waals surface area (Å²) in [6.07, 6.45) is 3.64. The van der Waals surface area contributed by atoms with Gasteiger partial charge in [-0.2, -0.15) is 0 Å². The van der Waals surface area contributed by atoms with Crippen molar-refractivity contribution in [2.24, 2.45) is 5.41 Å². The zero-order chi connectivity index (χ0) is 16.4. The number of methoxy groups -OCH3 is 1. The van der Waals surface area contributed by atoms with E-state index in [-0.39, 0.29) is 19.1 Å². The predicted molar refractivity (Wildman–Crippen MR) is 84.2 cm³/mol. The molecular weight excluding hydrogens is 296 g/mol. The predicted octanol–water partition coefficient (Wildman–Crippen LogP) is 1.80. The third kappa shape index (κ3) is 2.66. The van der Waals surface area contributed by atoms with Crippen molar-refractivity contribution in [3.8, 4) is 0 Å². The van der Waals surface area contributed by atoms with Gasteiger partial charge in [0.05, 0.1) is 12.2 Å². The Bertz CT molecular complexity index is 756. The highest BCUT2D eigenvalue weighted by Crippen LogP contribution is 2.32. The van der Waals surface area contributed by atoms with Crippen LogP contribution in [-0.4, -0.2) is 53.7 Å². The van der Waals surface area contributed by atoms with Gasteiger partial charge in [0.2, 0.25) is 0 Å². The number of hydrogen-bond donors (Lipinski definition) is 1. The number of pyridine rings is 1. The van der Waals surface area contributed by atoms with Crippen molar-refractivity contribution in [2.45, 2.75) is 6.42 Å². The zero-order valence-electron chi connectivity index (χ0n) is 12.9. The largest absolute Gasteiger partial charge is 0.481 e. The Morgan fingerprint density at radius 1 is 1.35 bits per heavy atom. The van der Waals surface area contributed by atoms with Crippen LogP contribution in [0.3, 0.4) is 0 Å². The first-order chi connectivity index (χ1) is 11.1.